The summed E-state index contributed by atoms with van der Waals surface area (Å²) < 4.78 is 22.2. The van der Waals surface area contributed by atoms with Crippen LogP contribution in [0.5, 0.6) is 23.0 Å². The molecule has 0 aliphatic heterocycles. The number of ether oxygens (including phenoxy) is 4. The smallest absolute Gasteiger partial charge is 0.161 e. The molecule has 0 atom stereocenters. The molecule has 0 saturated carbocycles. The molecule has 0 aromatic heterocycles. The van der Waals surface area contributed by atoms with Crippen LogP contribution in [-0.2, 0) is 0 Å². The quantitative estimate of drug-likeness (QED) is 0.657. The van der Waals surface area contributed by atoms with Gasteiger partial charge in [-0.05, 0) is 50.2 Å². The van der Waals surface area contributed by atoms with Gasteiger partial charge >= 0.3 is 0 Å². The highest BCUT2D eigenvalue weighted by Gasteiger charge is 2.03. The van der Waals surface area contributed by atoms with E-state index in [0.717, 1.165) is 23.0 Å². The summed E-state index contributed by atoms with van der Waals surface area (Å²) in [5.74, 6) is 3.13. The van der Waals surface area contributed by atoms with Gasteiger partial charge in [0.15, 0.2) is 11.5 Å². The SMILES string of the molecule is CCOc1ccc(OCCOc2ccccc2OCC)cc1. The molecular weight excluding hydrogens is 280 g/mol. The number of rotatable bonds is 9. The lowest BCUT2D eigenvalue weighted by Gasteiger charge is -2.12. The third kappa shape index (κ3) is 4.88. The second-order valence-corrected chi connectivity index (χ2v) is 4.48. The maximum absolute atomic E-state index is 5.70. The fraction of sp³-hybridized carbons (Fsp3) is 0.333. The first kappa shape index (κ1) is 16.0. The molecule has 0 aliphatic rings. The minimum atomic E-state index is 0.456. The van der Waals surface area contributed by atoms with Crippen molar-refractivity contribution in [2.45, 2.75) is 13.8 Å². The Labute approximate surface area is 131 Å². The van der Waals surface area contributed by atoms with Crippen molar-refractivity contribution in [2.24, 2.45) is 0 Å². The van der Waals surface area contributed by atoms with Gasteiger partial charge in [0.1, 0.15) is 24.7 Å². The predicted molar refractivity (Wildman–Crippen MR) is 86.2 cm³/mol. The summed E-state index contributed by atoms with van der Waals surface area (Å²) in [5.41, 5.74) is 0. The van der Waals surface area contributed by atoms with Gasteiger partial charge < -0.3 is 18.9 Å². The molecule has 0 heterocycles. The molecule has 0 N–H and O–H groups in total. The van der Waals surface area contributed by atoms with Crippen LogP contribution in [0.15, 0.2) is 48.5 Å². The predicted octanol–water partition coefficient (Wildman–Crippen LogP) is 3.94. The van der Waals surface area contributed by atoms with Crippen LogP contribution in [0, 0.1) is 0 Å². The molecule has 2 rings (SSSR count). The third-order valence-electron chi connectivity index (χ3n) is 2.89. The summed E-state index contributed by atoms with van der Waals surface area (Å²) in [5, 5.41) is 0. The van der Waals surface area contributed by atoms with Crippen molar-refractivity contribution < 1.29 is 18.9 Å². The van der Waals surface area contributed by atoms with Crippen LogP contribution < -0.4 is 18.9 Å². The van der Waals surface area contributed by atoms with Crippen molar-refractivity contribution in [1.29, 1.82) is 0 Å². The van der Waals surface area contributed by atoms with Crippen LogP contribution in [-0.4, -0.2) is 26.4 Å². The van der Waals surface area contributed by atoms with Gasteiger partial charge in [0.25, 0.3) is 0 Å². The first-order valence-corrected chi connectivity index (χ1v) is 7.53. The summed E-state index contributed by atoms with van der Waals surface area (Å²) in [6, 6.07) is 15.2. The third-order valence-corrected chi connectivity index (χ3v) is 2.89. The van der Waals surface area contributed by atoms with E-state index in [-0.39, 0.29) is 0 Å². The van der Waals surface area contributed by atoms with E-state index in [1.54, 1.807) is 0 Å². The standard InChI is InChI=1S/C18H22O4/c1-3-19-15-9-11-16(12-10-15)21-13-14-22-18-8-6-5-7-17(18)20-4-2/h5-12H,3-4,13-14H2,1-2H3. The molecule has 0 saturated heterocycles. The van der Waals surface area contributed by atoms with Gasteiger partial charge in [-0.15, -0.1) is 0 Å². The highest BCUT2D eigenvalue weighted by atomic mass is 16.5. The Hall–Kier alpha value is -2.36. The van der Waals surface area contributed by atoms with Crippen molar-refractivity contribution in [3.8, 4) is 23.0 Å². The number of para-hydroxylation sites is 2. The molecule has 118 valence electrons. The number of hydrogen-bond donors (Lipinski definition) is 0. The summed E-state index contributed by atoms with van der Waals surface area (Å²) in [6.07, 6.45) is 0. The van der Waals surface area contributed by atoms with E-state index >= 15 is 0 Å². The minimum absolute atomic E-state index is 0.456. The first-order valence-electron chi connectivity index (χ1n) is 7.53. The fourth-order valence-electron chi connectivity index (χ4n) is 1.95. The van der Waals surface area contributed by atoms with Gasteiger partial charge in [0.2, 0.25) is 0 Å². The minimum Gasteiger partial charge on any atom is -0.494 e. The van der Waals surface area contributed by atoms with Gasteiger partial charge in [0, 0.05) is 0 Å². The Bertz CT molecular complexity index is 551. The zero-order valence-corrected chi connectivity index (χ0v) is 13.1. The summed E-state index contributed by atoms with van der Waals surface area (Å²) in [7, 11) is 0. The maximum atomic E-state index is 5.70. The molecule has 0 amide bonds. The Morgan fingerprint density at radius 2 is 1.09 bits per heavy atom. The zero-order chi connectivity index (χ0) is 15.6. The largest absolute Gasteiger partial charge is 0.494 e. The average Bonchev–Trinajstić information content (AvgIpc) is 2.55. The molecule has 0 fully saturated rings. The van der Waals surface area contributed by atoms with Crippen molar-refractivity contribution in [1.82, 2.24) is 0 Å². The van der Waals surface area contributed by atoms with Crippen molar-refractivity contribution in [3.05, 3.63) is 48.5 Å². The van der Waals surface area contributed by atoms with Gasteiger partial charge in [-0.3, -0.25) is 0 Å². The molecule has 2 aromatic rings. The molecule has 0 radical (unpaired) electrons. The Kier molecular flexibility index (Phi) is 6.42. The van der Waals surface area contributed by atoms with Gasteiger partial charge in [-0.1, -0.05) is 12.1 Å². The van der Waals surface area contributed by atoms with Gasteiger partial charge in [-0.25, -0.2) is 0 Å². The van der Waals surface area contributed by atoms with Gasteiger partial charge in [-0.2, -0.15) is 0 Å². The molecule has 22 heavy (non-hydrogen) atoms. The molecule has 4 nitrogen and oxygen atoms in total. The Morgan fingerprint density at radius 3 is 1.68 bits per heavy atom. The number of benzene rings is 2. The Balaban J connectivity index is 1.77. The highest BCUT2D eigenvalue weighted by Crippen LogP contribution is 2.26. The normalized spacial score (nSPS) is 10.1. The molecular formula is C18H22O4. The van der Waals surface area contributed by atoms with E-state index in [9.17, 15) is 0 Å². The molecule has 0 spiro atoms. The number of hydrogen-bond acceptors (Lipinski definition) is 4. The van der Waals surface area contributed by atoms with E-state index in [1.807, 2.05) is 62.4 Å². The fourth-order valence-corrected chi connectivity index (χ4v) is 1.95. The van der Waals surface area contributed by atoms with E-state index in [4.69, 9.17) is 18.9 Å². The average molecular weight is 302 g/mol. The summed E-state index contributed by atoms with van der Waals surface area (Å²) in [6.45, 7) is 6.11. The monoisotopic (exact) mass is 302 g/mol. The lowest BCUT2D eigenvalue weighted by atomic mass is 10.3. The van der Waals surface area contributed by atoms with Crippen LogP contribution >= 0.6 is 0 Å². The van der Waals surface area contributed by atoms with Crippen LogP contribution in [0.1, 0.15) is 13.8 Å². The summed E-state index contributed by atoms with van der Waals surface area (Å²) >= 11 is 0. The van der Waals surface area contributed by atoms with Crippen molar-refractivity contribution >= 4 is 0 Å². The lowest BCUT2D eigenvalue weighted by molar-refractivity contribution is 0.208. The van der Waals surface area contributed by atoms with Crippen LogP contribution in [0.2, 0.25) is 0 Å². The second-order valence-electron chi connectivity index (χ2n) is 4.48. The summed E-state index contributed by atoms with van der Waals surface area (Å²) in [4.78, 5) is 0. The van der Waals surface area contributed by atoms with Crippen molar-refractivity contribution in [3.63, 3.8) is 0 Å². The molecule has 0 aliphatic carbocycles. The van der Waals surface area contributed by atoms with Crippen LogP contribution in [0.4, 0.5) is 0 Å². The van der Waals surface area contributed by atoms with Crippen LogP contribution in [0.25, 0.3) is 0 Å². The first-order chi connectivity index (χ1) is 10.8. The Morgan fingerprint density at radius 1 is 0.591 bits per heavy atom. The molecule has 2 aromatic carbocycles. The lowest BCUT2D eigenvalue weighted by Crippen LogP contribution is -2.09. The van der Waals surface area contributed by atoms with E-state index in [2.05, 4.69) is 0 Å². The topological polar surface area (TPSA) is 36.9 Å². The maximum Gasteiger partial charge on any atom is 0.161 e. The highest BCUT2D eigenvalue weighted by molar-refractivity contribution is 5.39. The molecule has 4 heteroatoms. The van der Waals surface area contributed by atoms with E-state index in [0.29, 0.717) is 26.4 Å². The van der Waals surface area contributed by atoms with Crippen LogP contribution in [0.3, 0.4) is 0 Å². The van der Waals surface area contributed by atoms with Gasteiger partial charge in [0.05, 0.1) is 13.2 Å². The molecule has 0 bridgehead atoms. The van der Waals surface area contributed by atoms with E-state index < -0.39 is 0 Å². The molecule has 0 unspecified atom stereocenters. The second kappa shape index (κ2) is 8.82. The van der Waals surface area contributed by atoms with Crippen molar-refractivity contribution in [2.75, 3.05) is 26.4 Å². The zero-order valence-electron chi connectivity index (χ0n) is 13.1. The van der Waals surface area contributed by atoms with E-state index in [1.165, 1.54) is 0 Å².